The number of aromatic amines is 1. The zero-order chi connectivity index (χ0) is 23.9. The zero-order valence-corrected chi connectivity index (χ0v) is 20.3. The first-order valence-electron chi connectivity index (χ1n) is 11.0. The van der Waals surface area contributed by atoms with E-state index in [2.05, 4.69) is 48.0 Å². The van der Waals surface area contributed by atoms with Crippen LogP contribution in [0, 0.1) is 6.92 Å². The SMILES string of the molecule is Cc1cc2nc(SCc3nc(-c4ccc(C(C)(C)C)cc4)no3)n(Cc3ccco3)c(=O)c2[nH]1. The van der Waals surface area contributed by atoms with E-state index in [1.54, 1.807) is 16.9 Å². The molecule has 0 fully saturated rings. The van der Waals surface area contributed by atoms with Gasteiger partial charge in [0.1, 0.15) is 11.3 Å². The fraction of sp³-hybridized carbons (Fsp3) is 0.280. The molecule has 0 aliphatic carbocycles. The van der Waals surface area contributed by atoms with Crippen LogP contribution >= 0.6 is 11.8 Å². The number of H-pyrrole nitrogens is 1. The van der Waals surface area contributed by atoms with E-state index in [0.29, 0.717) is 39.4 Å². The van der Waals surface area contributed by atoms with Crippen LogP contribution in [-0.2, 0) is 17.7 Å². The maximum atomic E-state index is 13.2. The highest BCUT2D eigenvalue weighted by atomic mass is 32.2. The van der Waals surface area contributed by atoms with Gasteiger partial charge in [-0.05, 0) is 36.1 Å². The van der Waals surface area contributed by atoms with Crippen LogP contribution in [-0.4, -0.2) is 24.7 Å². The molecule has 9 heteroatoms. The third kappa shape index (κ3) is 4.43. The van der Waals surface area contributed by atoms with E-state index in [-0.39, 0.29) is 17.5 Å². The number of nitrogens with one attached hydrogen (secondary N) is 1. The molecule has 0 spiro atoms. The van der Waals surface area contributed by atoms with Gasteiger partial charge in [0.15, 0.2) is 5.16 Å². The number of benzene rings is 1. The van der Waals surface area contributed by atoms with Crippen LogP contribution in [0.25, 0.3) is 22.4 Å². The van der Waals surface area contributed by atoms with Gasteiger partial charge >= 0.3 is 0 Å². The summed E-state index contributed by atoms with van der Waals surface area (Å²) in [5.74, 6) is 2.05. The molecule has 4 aromatic heterocycles. The summed E-state index contributed by atoms with van der Waals surface area (Å²) in [7, 11) is 0. The van der Waals surface area contributed by atoms with Gasteiger partial charge in [-0.1, -0.05) is 62.0 Å². The highest BCUT2D eigenvalue weighted by molar-refractivity contribution is 7.98. The molecule has 1 aromatic carbocycles. The minimum Gasteiger partial charge on any atom is -0.467 e. The molecule has 4 heterocycles. The zero-order valence-electron chi connectivity index (χ0n) is 19.5. The smallest absolute Gasteiger partial charge is 0.278 e. The average Bonchev–Trinajstić information content (AvgIpc) is 3.55. The van der Waals surface area contributed by atoms with Crippen LogP contribution in [0.1, 0.15) is 43.7 Å². The molecule has 0 atom stereocenters. The van der Waals surface area contributed by atoms with Gasteiger partial charge < -0.3 is 13.9 Å². The third-order valence-corrected chi connectivity index (χ3v) is 6.49. The van der Waals surface area contributed by atoms with Gasteiger partial charge in [-0.15, -0.1) is 0 Å². The summed E-state index contributed by atoms with van der Waals surface area (Å²) >= 11 is 1.37. The second kappa shape index (κ2) is 8.64. The monoisotopic (exact) mass is 475 g/mol. The molecule has 174 valence electrons. The van der Waals surface area contributed by atoms with E-state index in [1.807, 2.05) is 31.2 Å². The molecule has 1 N–H and O–H groups in total. The number of aromatic nitrogens is 5. The first-order chi connectivity index (χ1) is 16.3. The van der Waals surface area contributed by atoms with Crippen molar-refractivity contribution in [2.45, 2.75) is 50.6 Å². The Labute approximate surface area is 200 Å². The highest BCUT2D eigenvalue weighted by Crippen LogP contribution is 2.27. The third-order valence-electron chi connectivity index (χ3n) is 5.53. The maximum absolute atomic E-state index is 13.2. The fourth-order valence-electron chi connectivity index (χ4n) is 3.70. The van der Waals surface area contributed by atoms with Crippen LogP contribution in [0.15, 0.2) is 67.6 Å². The Hall–Kier alpha value is -3.59. The summed E-state index contributed by atoms with van der Waals surface area (Å²) in [4.78, 5) is 25.5. The fourth-order valence-corrected chi connectivity index (χ4v) is 4.53. The van der Waals surface area contributed by atoms with Gasteiger partial charge in [0.05, 0.1) is 24.1 Å². The van der Waals surface area contributed by atoms with Gasteiger partial charge in [-0.3, -0.25) is 9.36 Å². The van der Waals surface area contributed by atoms with E-state index in [4.69, 9.17) is 13.9 Å². The minimum absolute atomic E-state index is 0.0785. The van der Waals surface area contributed by atoms with Crippen molar-refractivity contribution < 1.29 is 8.94 Å². The molecule has 5 rings (SSSR count). The van der Waals surface area contributed by atoms with Crippen LogP contribution in [0.2, 0.25) is 0 Å². The van der Waals surface area contributed by atoms with Gasteiger partial charge in [0.25, 0.3) is 5.56 Å². The number of thioether (sulfide) groups is 1. The predicted molar refractivity (Wildman–Crippen MR) is 131 cm³/mol. The van der Waals surface area contributed by atoms with E-state index in [1.165, 1.54) is 17.3 Å². The van der Waals surface area contributed by atoms with E-state index in [0.717, 1.165) is 11.3 Å². The Balaban J connectivity index is 1.40. The average molecular weight is 476 g/mol. The molecule has 0 saturated carbocycles. The number of hydrogen-bond donors (Lipinski definition) is 1. The molecule has 0 aliphatic heterocycles. The van der Waals surface area contributed by atoms with Crippen LogP contribution in [0.5, 0.6) is 0 Å². The van der Waals surface area contributed by atoms with Gasteiger partial charge in [0, 0.05) is 11.3 Å². The quantitative estimate of drug-likeness (QED) is 0.262. The largest absolute Gasteiger partial charge is 0.467 e. The summed E-state index contributed by atoms with van der Waals surface area (Å²) < 4.78 is 12.5. The Bertz CT molecular complexity index is 1490. The molecule has 0 amide bonds. The summed E-state index contributed by atoms with van der Waals surface area (Å²) in [5, 5.41) is 4.69. The molecular formula is C25H25N5O3S. The predicted octanol–water partition coefficient (Wildman–Crippen LogP) is 5.31. The topological polar surface area (TPSA) is 103 Å². The lowest BCUT2D eigenvalue weighted by atomic mass is 9.87. The summed E-state index contributed by atoms with van der Waals surface area (Å²) in [6.45, 7) is 8.72. The standard InChI is InChI=1S/C25H25N5O3S/c1-15-12-19-21(26-15)23(31)30(13-18-6-5-11-32-18)24(27-19)34-14-20-28-22(29-33-20)16-7-9-17(10-8-16)25(2,3)4/h5-12,26H,13-14H2,1-4H3. The van der Waals surface area contributed by atoms with Crippen molar-refractivity contribution in [3.63, 3.8) is 0 Å². The molecule has 0 unspecified atom stereocenters. The van der Waals surface area contributed by atoms with Gasteiger partial charge in [-0.25, -0.2) is 4.98 Å². The first kappa shape index (κ1) is 22.2. The Morgan fingerprint density at radius 3 is 2.62 bits per heavy atom. The van der Waals surface area contributed by atoms with Crippen LogP contribution in [0.4, 0.5) is 0 Å². The number of rotatable bonds is 6. The Kier molecular flexibility index (Phi) is 5.65. The number of fused-ring (bicyclic) bond motifs is 1. The van der Waals surface area contributed by atoms with Gasteiger partial charge in [0.2, 0.25) is 11.7 Å². The van der Waals surface area contributed by atoms with Crippen LogP contribution < -0.4 is 5.56 Å². The molecule has 0 radical (unpaired) electrons. The lowest BCUT2D eigenvalue weighted by Crippen LogP contribution is -2.23. The highest BCUT2D eigenvalue weighted by Gasteiger charge is 2.18. The second-order valence-corrected chi connectivity index (χ2v) is 10.1. The van der Waals surface area contributed by atoms with Crippen molar-refractivity contribution in [1.82, 2.24) is 24.7 Å². The number of hydrogen-bond acceptors (Lipinski definition) is 7. The molecule has 34 heavy (non-hydrogen) atoms. The van der Waals surface area contributed by atoms with Crippen molar-refractivity contribution in [1.29, 1.82) is 0 Å². The minimum atomic E-state index is -0.151. The van der Waals surface area contributed by atoms with Crippen molar-refractivity contribution in [3.8, 4) is 11.4 Å². The van der Waals surface area contributed by atoms with E-state index in [9.17, 15) is 4.79 Å². The molecule has 5 aromatic rings. The number of furan rings is 1. The lowest BCUT2D eigenvalue weighted by molar-refractivity contribution is 0.391. The van der Waals surface area contributed by atoms with Gasteiger partial charge in [-0.2, -0.15) is 4.98 Å². The molecule has 0 saturated heterocycles. The van der Waals surface area contributed by atoms with Crippen LogP contribution in [0.3, 0.4) is 0 Å². The lowest BCUT2D eigenvalue weighted by Gasteiger charge is -2.18. The van der Waals surface area contributed by atoms with Crippen molar-refractivity contribution in [2.75, 3.05) is 0 Å². The maximum Gasteiger partial charge on any atom is 0.278 e. The van der Waals surface area contributed by atoms with Crippen molar-refractivity contribution >= 4 is 22.8 Å². The Morgan fingerprint density at radius 1 is 1.12 bits per heavy atom. The van der Waals surface area contributed by atoms with Crippen molar-refractivity contribution in [2.24, 2.45) is 0 Å². The molecule has 8 nitrogen and oxygen atoms in total. The molecular weight excluding hydrogens is 450 g/mol. The summed E-state index contributed by atoms with van der Waals surface area (Å²) in [6, 6.07) is 13.7. The number of nitrogens with zero attached hydrogens (tertiary/aromatic N) is 4. The summed E-state index contributed by atoms with van der Waals surface area (Å²) in [5.41, 5.74) is 4.05. The second-order valence-electron chi connectivity index (χ2n) is 9.21. The number of aryl methyl sites for hydroxylation is 1. The van der Waals surface area contributed by atoms with E-state index < -0.39 is 0 Å². The van der Waals surface area contributed by atoms with Crippen molar-refractivity contribution in [3.05, 3.63) is 82.0 Å². The first-order valence-corrected chi connectivity index (χ1v) is 12.0. The Morgan fingerprint density at radius 2 is 1.91 bits per heavy atom. The molecule has 0 aliphatic rings. The molecule has 0 bridgehead atoms. The van der Waals surface area contributed by atoms with E-state index >= 15 is 0 Å². The normalized spacial score (nSPS) is 12.0. The summed E-state index contributed by atoms with van der Waals surface area (Å²) in [6.07, 6.45) is 1.59.